The second-order valence-corrected chi connectivity index (χ2v) is 5.87. The Balaban J connectivity index is 2.07. The van der Waals surface area contributed by atoms with Crippen molar-refractivity contribution in [2.75, 3.05) is 0 Å². The van der Waals surface area contributed by atoms with Crippen LogP contribution in [0.1, 0.15) is 44.2 Å². The zero-order chi connectivity index (χ0) is 14.9. The van der Waals surface area contributed by atoms with E-state index in [9.17, 15) is 0 Å². The van der Waals surface area contributed by atoms with E-state index in [2.05, 4.69) is 74.5 Å². The lowest BCUT2D eigenvalue weighted by Crippen LogP contribution is -2.17. The maximum Gasteiger partial charge on any atom is -0.0163 e. The summed E-state index contributed by atoms with van der Waals surface area (Å²) >= 11 is 0. The highest BCUT2D eigenvalue weighted by molar-refractivity contribution is 5.22. The Labute approximate surface area is 130 Å². The molecule has 0 saturated heterocycles. The Morgan fingerprint density at radius 1 is 0.810 bits per heavy atom. The molecule has 1 atom stereocenters. The molecule has 21 heavy (non-hydrogen) atoms. The van der Waals surface area contributed by atoms with Crippen LogP contribution >= 0.6 is 0 Å². The van der Waals surface area contributed by atoms with Gasteiger partial charge in [0.1, 0.15) is 0 Å². The molecule has 0 saturated carbocycles. The smallest absolute Gasteiger partial charge is 0.0163 e. The molecule has 0 heteroatoms. The van der Waals surface area contributed by atoms with Crippen molar-refractivity contribution in [1.29, 1.82) is 0 Å². The Morgan fingerprint density at radius 2 is 1.38 bits per heavy atom. The van der Waals surface area contributed by atoms with E-state index in [4.69, 9.17) is 0 Å². The van der Waals surface area contributed by atoms with Gasteiger partial charge in [0.25, 0.3) is 0 Å². The molecular weight excluding hydrogens is 252 g/mol. The summed E-state index contributed by atoms with van der Waals surface area (Å²) in [7, 11) is 0. The first-order chi connectivity index (χ1) is 10.3. The van der Waals surface area contributed by atoms with Crippen LogP contribution in [0.3, 0.4) is 0 Å². The zero-order valence-corrected chi connectivity index (χ0v) is 13.4. The van der Waals surface area contributed by atoms with Crippen molar-refractivity contribution in [3.63, 3.8) is 0 Å². The summed E-state index contributed by atoms with van der Waals surface area (Å²) < 4.78 is 0. The lowest BCUT2D eigenvalue weighted by atomic mass is 9.79. The molecule has 0 amide bonds. The zero-order valence-electron chi connectivity index (χ0n) is 13.4. The topological polar surface area (TPSA) is 0 Å². The average molecular weight is 279 g/mol. The normalized spacial score (nSPS) is 12.5. The van der Waals surface area contributed by atoms with E-state index in [0.29, 0.717) is 5.92 Å². The van der Waals surface area contributed by atoms with Crippen LogP contribution in [0.5, 0.6) is 0 Å². The highest BCUT2D eigenvalue weighted by atomic mass is 14.2. The fraction of sp³-hybridized carbons (Fsp3) is 0.381. The van der Waals surface area contributed by atoms with E-state index in [1.165, 1.54) is 36.8 Å². The molecule has 0 fully saturated rings. The molecule has 0 aliphatic rings. The molecule has 0 N–H and O–H groups in total. The molecular formula is C21H27. The Kier molecular flexibility index (Phi) is 6.53. The maximum atomic E-state index is 2.33. The average Bonchev–Trinajstić information content (AvgIpc) is 2.54. The van der Waals surface area contributed by atoms with Crippen LogP contribution in [-0.4, -0.2) is 0 Å². The van der Waals surface area contributed by atoms with Gasteiger partial charge >= 0.3 is 0 Å². The minimum atomic E-state index is 0.701. The third-order valence-corrected chi connectivity index (χ3v) is 4.24. The Bertz CT molecular complexity index is 486. The highest BCUT2D eigenvalue weighted by Crippen LogP contribution is 2.30. The van der Waals surface area contributed by atoms with Crippen molar-refractivity contribution in [2.24, 2.45) is 5.92 Å². The monoisotopic (exact) mass is 279 g/mol. The van der Waals surface area contributed by atoms with Crippen LogP contribution in [0.2, 0.25) is 0 Å². The summed E-state index contributed by atoms with van der Waals surface area (Å²) in [6, 6.07) is 21.8. The Morgan fingerprint density at radius 3 is 1.90 bits per heavy atom. The molecule has 0 aliphatic heterocycles. The summed E-state index contributed by atoms with van der Waals surface area (Å²) in [5.74, 6) is 2.42. The van der Waals surface area contributed by atoms with Gasteiger partial charge in [-0.1, -0.05) is 87.4 Å². The fourth-order valence-corrected chi connectivity index (χ4v) is 3.09. The van der Waals surface area contributed by atoms with Gasteiger partial charge in [0.05, 0.1) is 0 Å². The third kappa shape index (κ3) is 5.04. The number of rotatable bonds is 8. The molecule has 0 aromatic heterocycles. The number of hydrogen-bond donors (Lipinski definition) is 0. The number of benzene rings is 2. The van der Waals surface area contributed by atoms with Crippen molar-refractivity contribution in [2.45, 2.75) is 46.0 Å². The molecule has 1 unspecified atom stereocenters. The van der Waals surface area contributed by atoms with Crippen LogP contribution in [0.25, 0.3) is 0 Å². The van der Waals surface area contributed by atoms with E-state index >= 15 is 0 Å². The third-order valence-electron chi connectivity index (χ3n) is 4.24. The molecule has 0 nitrogen and oxygen atoms in total. The maximum absolute atomic E-state index is 2.33. The first-order valence-electron chi connectivity index (χ1n) is 8.25. The summed E-state index contributed by atoms with van der Waals surface area (Å²) in [5.41, 5.74) is 2.92. The molecule has 0 spiro atoms. The molecule has 111 valence electrons. The minimum Gasteiger partial charge on any atom is -0.0654 e. The van der Waals surface area contributed by atoms with Gasteiger partial charge in [-0.05, 0) is 42.2 Å². The van der Waals surface area contributed by atoms with Gasteiger partial charge in [-0.15, -0.1) is 0 Å². The van der Waals surface area contributed by atoms with Gasteiger partial charge in [0, 0.05) is 0 Å². The molecule has 0 heterocycles. The largest absolute Gasteiger partial charge is 0.0654 e. The van der Waals surface area contributed by atoms with Crippen LogP contribution in [-0.2, 0) is 12.8 Å². The SMILES string of the molecule is CCC[C](Cc1ccccc1)C(CC)Cc1ccccc1. The lowest BCUT2D eigenvalue weighted by Gasteiger charge is -2.26. The van der Waals surface area contributed by atoms with Gasteiger partial charge < -0.3 is 0 Å². The van der Waals surface area contributed by atoms with Crippen molar-refractivity contribution >= 4 is 0 Å². The predicted octanol–water partition coefficient (Wildman–Crippen LogP) is 5.87. The minimum absolute atomic E-state index is 0.701. The van der Waals surface area contributed by atoms with Crippen molar-refractivity contribution in [3.05, 3.63) is 77.7 Å². The summed E-state index contributed by atoms with van der Waals surface area (Å²) in [6.45, 7) is 4.62. The molecule has 0 aliphatic carbocycles. The van der Waals surface area contributed by atoms with Gasteiger partial charge in [-0.2, -0.15) is 0 Å². The quantitative estimate of drug-likeness (QED) is 0.566. The van der Waals surface area contributed by atoms with Gasteiger partial charge in [0.15, 0.2) is 0 Å². The standard InChI is InChI=1S/C21H27/c1-3-11-21(17-19-14-9-6-10-15-19)20(4-2)16-18-12-7-5-8-13-18/h5-10,12-15,20H,3-4,11,16-17H2,1-2H3. The second kappa shape index (κ2) is 8.67. The van der Waals surface area contributed by atoms with E-state index in [0.717, 1.165) is 6.42 Å². The van der Waals surface area contributed by atoms with Crippen molar-refractivity contribution < 1.29 is 0 Å². The molecule has 0 bridgehead atoms. The van der Waals surface area contributed by atoms with Crippen LogP contribution in [0.4, 0.5) is 0 Å². The van der Waals surface area contributed by atoms with Crippen LogP contribution in [0.15, 0.2) is 60.7 Å². The molecule has 1 radical (unpaired) electrons. The highest BCUT2D eigenvalue weighted by Gasteiger charge is 2.20. The summed E-state index contributed by atoms with van der Waals surface area (Å²) in [6.07, 6.45) is 6.05. The molecule has 2 aromatic carbocycles. The second-order valence-electron chi connectivity index (χ2n) is 5.87. The Hall–Kier alpha value is -1.56. The van der Waals surface area contributed by atoms with Crippen molar-refractivity contribution in [3.8, 4) is 0 Å². The predicted molar refractivity (Wildman–Crippen MR) is 92.2 cm³/mol. The van der Waals surface area contributed by atoms with E-state index in [-0.39, 0.29) is 0 Å². The van der Waals surface area contributed by atoms with Gasteiger partial charge in [-0.25, -0.2) is 0 Å². The van der Waals surface area contributed by atoms with E-state index < -0.39 is 0 Å². The fourth-order valence-electron chi connectivity index (χ4n) is 3.09. The number of hydrogen-bond acceptors (Lipinski definition) is 0. The molecule has 2 rings (SSSR count). The van der Waals surface area contributed by atoms with Crippen LogP contribution < -0.4 is 0 Å². The van der Waals surface area contributed by atoms with Crippen molar-refractivity contribution in [1.82, 2.24) is 0 Å². The van der Waals surface area contributed by atoms with Gasteiger partial charge in [-0.3, -0.25) is 0 Å². The summed E-state index contributed by atoms with van der Waals surface area (Å²) in [4.78, 5) is 0. The summed E-state index contributed by atoms with van der Waals surface area (Å²) in [5, 5.41) is 0. The van der Waals surface area contributed by atoms with E-state index in [1.54, 1.807) is 5.92 Å². The first kappa shape index (κ1) is 15.8. The van der Waals surface area contributed by atoms with E-state index in [1.807, 2.05) is 0 Å². The molecule has 2 aromatic rings. The van der Waals surface area contributed by atoms with Gasteiger partial charge in [0.2, 0.25) is 0 Å². The first-order valence-corrected chi connectivity index (χ1v) is 8.25. The van der Waals surface area contributed by atoms with Crippen LogP contribution in [0, 0.1) is 11.8 Å². The lowest BCUT2D eigenvalue weighted by molar-refractivity contribution is 0.471.